The number of aromatic carboxylic acids is 1. The summed E-state index contributed by atoms with van der Waals surface area (Å²) in [6, 6.07) is 4.86. The molecule has 0 unspecified atom stereocenters. The van der Waals surface area contributed by atoms with Crippen molar-refractivity contribution in [2.75, 3.05) is 0 Å². The van der Waals surface area contributed by atoms with E-state index < -0.39 is 5.97 Å². The average Bonchev–Trinajstić information content (AvgIpc) is 2.73. The van der Waals surface area contributed by atoms with Crippen LogP contribution in [0.3, 0.4) is 0 Å². The Balaban J connectivity index is 2.18. The van der Waals surface area contributed by atoms with Crippen LogP contribution in [0.2, 0.25) is 0 Å². The molecule has 0 fully saturated rings. The molecule has 1 heterocycles. The van der Waals surface area contributed by atoms with Crippen LogP contribution >= 0.6 is 31.9 Å². The van der Waals surface area contributed by atoms with Crippen LogP contribution in [0.25, 0.3) is 0 Å². The van der Waals surface area contributed by atoms with Crippen molar-refractivity contribution >= 4 is 37.8 Å². The third-order valence-corrected chi connectivity index (χ3v) is 3.56. The molecule has 1 aromatic carbocycles. The molecule has 0 radical (unpaired) electrons. The van der Waals surface area contributed by atoms with Gasteiger partial charge in [0.2, 0.25) is 0 Å². The topological polar surface area (TPSA) is 64.3 Å². The Bertz CT molecular complexity index is 602. The minimum absolute atomic E-state index is 0.184. The van der Waals surface area contributed by atoms with E-state index in [1.165, 1.54) is 12.1 Å². The van der Waals surface area contributed by atoms with Crippen LogP contribution in [0, 0.1) is 0 Å². The Morgan fingerprint density at radius 1 is 1.42 bits per heavy atom. The Morgan fingerprint density at radius 3 is 2.53 bits per heavy atom. The summed E-state index contributed by atoms with van der Waals surface area (Å²) in [6.07, 6.45) is 1.83. The van der Waals surface area contributed by atoms with E-state index in [4.69, 9.17) is 9.84 Å². The highest BCUT2D eigenvalue weighted by Crippen LogP contribution is 2.35. The quantitative estimate of drug-likeness (QED) is 0.871. The van der Waals surface area contributed by atoms with Crippen LogP contribution in [0.15, 0.2) is 33.3 Å². The molecule has 0 atom stereocenters. The fourth-order valence-corrected chi connectivity index (χ4v) is 2.92. The van der Waals surface area contributed by atoms with Crippen molar-refractivity contribution in [1.29, 1.82) is 0 Å². The van der Waals surface area contributed by atoms with Gasteiger partial charge in [-0.2, -0.15) is 5.10 Å². The Kier molecular flexibility index (Phi) is 4.26. The molecule has 0 saturated heterocycles. The van der Waals surface area contributed by atoms with Gasteiger partial charge in [-0.05, 0) is 50.1 Å². The summed E-state index contributed by atoms with van der Waals surface area (Å²) in [5, 5.41) is 13.1. The third kappa shape index (κ3) is 3.36. The molecule has 2 rings (SSSR count). The third-order valence-electron chi connectivity index (χ3n) is 2.38. The lowest BCUT2D eigenvalue weighted by Gasteiger charge is -2.10. The van der Waals surface area contributed by atoms with Crippen molar-refractivity contribution in [1.82, 2.24) is 9.78 Å². The van der Waals surface area contributed by atoms with Gasteiger partial charge in [-0.25, -0.2) is 4.79 Å². The number of carbonyl (C=O) groups is 1. The highest BCUT2D eigenvalue weighted by molar-refractivity contribution is 9.11. The molecule has 0 spiro atoms. The first-order chi connectivity index (χ1) is 8.97. The SMILES string of the molecule is Cn1ccc(COc2c(Br)cc(C(=O)O)cc2Br)n1. The second kappa shape index (κ2) is 5.75. The number of halogens is 2. The van der Waals surface area contributed by atoms with E-state index in [-0.39, 0.29) is 5.56 Å². The van der Waals surface area contributed by atoms with Crippen LogP contribution in [0.4, 0.5) is 0 Å². The maximum Gasteiger partial charge on any atom is 0.335 e. The normalized spacial score (nSPS) is 10.5. The summed E-state index contributed by atoms with van der Waals surface area (Å²) in [6.45, 7) is 0.310. The molecule has 0 aliphatic rings. The molecule has 1 N–H and O–H groups in total. The zero-order valence-electron chi connectivity index (χ0n) is 9.93. The molecule has 0 bridgehead atoms. The van der Waals surface area contributed by atoms with Crippen LogP contribution in [-0.2, 0) is 13.7 Å². The largest absolute Gasteiger partial charge is 0.485 e. The van der Waals surface area contributed by atoms with Crippen LogP contribution in [0.1, 0.15) is 16.1 Å². The maximum absolute atomic E-state index is 10.9. The highest BCUT2D eigenvalue weighted by Gasteiger charge is 2.13. The molecular weight excluding hydrogens is 380 g/mol. The van der Waals surface area contributed by atoms with Gasteiger partial charge in [0.25, 0.3) is 0 Å². The van der Waals surface area contributed by atoms with Crippen molar-refractivity contribution in [3.63, 3.8) is 0 Å². The lowest BCUT2D eigenvalue weighted by molar-refractivity contribution is 0.0696. The number of ether oxygens (including phenoxy) is 1. The summed E-state index contributed by atoms with van der Waals surface area (Å²) in [5.74, 6) is -0.437. The second-order valence-electron chi connectivity index (χ2n) is 3.84. The highest BCUT2D eigenvalue weighted by atomic mass is 79.9. The summed E-state index contributed by atoms with van der Waals surface area (Å²) in [5.41, 5.74) is 0.979. The Morgan fingerprint density at radius 2 is 2.05 bits per heavy atom. The Hall–Kier alpha value is -1.34. The molecule has 2 aromatic rings. The maximum atomic E-state index is 10.9. The van der Waals surface area contributed by atoms with Gasteiger partial charge in [0.15, 0.2) is 0 Å². The van der Waals surface area contributed by atoms with E-state index in [1.807, 2.05) is 19.3 Å². The molecule has 5 nitrogen and oxygen atoms in total. The number of aromatic nitrogens is 2. The second-order valence-corrected chi connectivity index (χ2v) is 5.55. The van der Waals surface area contributed by atoms with Crippen molar-refractivity contribution < 1.29 is 14.6 Å². The van der Waals surface area contributed by atoms with Crippen molar-refractivity contribution in [2.24, 2.45) is 7.05 Å². The predicted octanol–water partition coefficient (Wildman–Crippen LogP) is 3.22. The van der Waals surface area contributed by atoms with E-state index >= 15 is 0 Å². The predicted molar refractivity (Wildman–Crippen MR) is 76.3 cm³/mol. The van der Waals surface area contributed by atoms with E-state index in [9.17, 15) is 4.79 Å². The number of aryl methyl sites for hydroxylation is 1. The van der Waals surface area contributed by atoms with Gasteiger partial charge in [-0.3, -0.25) is 4.68 Å². The van der Waals surface area contributed by atoms with Crippen LogP contribution in [-0.4, -0.2) is 20.9 Å². The monoisotopic (exact) mass is 388 g/mol. The zero-order valence-corrected chi connectivity index (χ0v) is 13.1. The minimum Gasteiger partial charge on any atom is -0.485 e. The van der Waals surface area contributed by atoms with Crippen LogP contribution in [0.5, 0.6) is 5.75 Å². The van der Waals surface area contributed by atoms with E-state index in [1.54, 1.807) is 4.68 Å². The summed E-state index contributed by atoms with van der Waals surface area (Å²) < 4.78 is 8.49. The van der Waals surface area contributed by atoms with E-state index in [2.05, 4.69) is 37.0 Å². The number of benzene rings is 1. The molecular formula is C12H10Br2N2O3. The zero-order chi connectivity index (χ0) is 14.0. The molecule has 0 aliphatic carbocycles. The minimum atomic E-state index is -0.988. The lowest BCUT2D eigenvalue weighted by atomic mass is 10.2. The van der Waals surface area contributed by atoms with E-state index in [0.29, 0.717) is 21.3 Å². The smallest absolute Gasteiger partial charge is 0.335 e. The summed E-state index contributed by atoms with van der Waals surface area (Å²) in [7, 11) is 1.83. The number of hydrogen-bond acceptors (Lipinski definition) is 3. The van der Waals surface area contributed by atoms with Gasteiger partial charge in [0, 0.05) is 13.2 Å². The first kappa shape index (κ1) is 14.1. The van der Waals surface area contributed by atoms with Gasteiger partial charge in [-0.15, -0.1) is 0 Å². The molecule has 19 heavy (non-hydrogen) atoms. The first-order valence-electron chi connectivity index (χ1n) is 5.31. The molecule has 1 aromatic heterocycles. The van der Waals surface area contributed by atoms with E-state index in [0.717, 1.165) is 5.69 Å². The number of rotatable bonds is 4. The van der Waals surface area contributed by atoms with Gasteiger partial charge in [-0.1, -0.05) is 0 Å². The first-order valence-corrected chi connectivity index (χ1v) is 6.89. The van der Waals surface area contributed by atoms with Gasteiger partial charge in [0.1, 0.15) is 12.4 Å². The van der Waals surface area contributed by atoms with Gasteiger partial charge in [0.05, 0.1) is 20.2 Å². The molecule has 0 amide bonds. The standard InChI is InChI=1S/C12H10Br2N2O3/c1-16-3-2-8(15-16)6-19-11-9(13)4-7(12(17)18)5-10(11)14/h2-5H,6H2,1H3,(H,17,18). The van der Waals surface area contributed by atoms with Crippen molar-refractivity contribution in [3.8, 4) is 5.75 Å². The fourth-order valence-electron chi connectivity index (χ4n) is 1.51. The number of hydrogen-bond donors (Lipinski definition) is 1. The summed E-state index contributed by atoms with van der Waals surface area (Å²) >= 11 is 6.60. The lowest BCUT2D eigenvalue weighted by Crippen LogP contribution is -2.01. The fraction of sp³-hybridized carbons (Fsp3) is 0.167. The van der Waals surface area contributed by atoms with Gasteiger partial charge < -0.3 is 9.84 Å². The number of nitrogens with zero attached hydrogens (tertiary/aromatic N) is 2. The van der Waals surface area contributed by atoms with Crippen molar-refractivity contribution in [3.05, 3.63) is 44.6 Å². The average molecular weight is 390 g/mol. The molecule has 0 aliphatic heterocycles. The Labute approximate surface area is 126 Å². The molecule has 100 valence electrons. The van der Waals surface area contributed by atoms with Gasteiger partial charge >= 0.3 is 5.97 Å². The van der Waals surface area contributed by atoms with Crippen molar-refractivity contribution in [2.45, 2.75) is 6.61 Å². The number of carboxylic acid groups (broad SMARTS) is 1. The van der Waals surface area contributed by atoms with Crippen LogP contribution < -0.4 is 4.74 Å². The molecule has 0 saturated carbocycles. The summed E-state index contributed by atoms with van der Waals surface area (Å²) in [4.78, 5) is 10.9. The number of carboxylic acids is 1. The molecule has 7 heteroatoms.